The summed E-state index contributed by atoms with van der Waals surface area (Å²) in [6, 6.07) is 3.80. The summed E-state index contributed by atoms with van der Waals surface area (Å²) < 4.78 is 6.78. The minimum atomic E-state index is -0.909. The van der Waals surface area contributed by atoms with Crippen LogP contribution < -0.4 is 5.43 Å². The molecule has 0 aliphatic carbocycles. The molecule has 7 nitrogen and oxygen atoms in total. The first kappa shape index (κ1) is 10.1. The Kier molecular flexibility index (Phi) is 2.11. The first-order chi connectivity index (χ1) is 7.66. The van der Waals surface area contributed by atoms with Crippen LogP contribution in [-0.4, -0.2) is 22.9 Å². The second-order valence-corrected chi connectivity index (χ2v) is 3.32. The Bertz CT molecular complexity index is 546. The van der Waals surface area contributed by atoms with E-state index in [1.54, 1.807) is 6.92 Å². The molecule has 1 unspecified atom stereocenters. The van der Waals surface area contributed by atoms with Crippen LogP contribution in [-0.2, 0) is 10.5 Å². The van der Waals surface area contributed by atoms with Crippen LogP contribution in [0.2, 0.25) is 0 Å². The molecular formula is C9H8N6O. The topological polar surface area (TPSA) is 99.0 Å². The number of nitrogens with one attached hydrogen (secondary N) is 1. The standard InChI is InChI=1S/C9H8N6O/c1-9(16-2)5-12-14-8-13-6(3-10)7(4-11)15(8)9/h5H,1-2H3,(H,13,14). The number of hydrogen-bond acceptors (Lipinski definition) is 6. The molecule has 1 aromatic rings. The number of nitriles is 2. The van der Waals surface area contributed by atoms with Crippen molar-refractivity contribution in [3.63, 3.8) is 0 Å². The first-order valence-electron chi connectivity index (χ1n) is 4.45. The number of fused-ring (bicyclic) bond motifs is 1. The summed E-state index contributed by atoms with van der Waals surface area (Å²) in [6.45, 7) is 1.73. The van der Waals surface area contributed by atoms with Gasteiger partial charge in [-0.2, -0.15) is 20.6 Å². The van der Waals surface area contributed by atoms with Gasteiger partial charge in [-0.05, 0) is 6.92 Å². The zero-order chi connectivity index (χ0) is 11.8. The zero-order valence-electron chi connectivity index (χ0n) is 8.72. The molecule has 0 fully saturated rings. The normalized spacial score (nSPS) is 21.8. The van der Waals surface area contributed by atoms with Gasteiger partial charge in [0.2, 0.25) is 5.95 Å². The molecule has 0 saturated carbocycles. The van der Waals surface area contributed by atoms with Crippen molar-refractivity contribution in [2.45, 2.75) is 12.6 Å². The maximum Gasteiger partial charge on any atom is 0.228 e. The maximum absolute atomic E-state index is 9.03. The van der Waals surface area contributed by atoms with Gasteiger partial charge in [-0.3, -0.25) is 4.57 Å². The summed E-state index contributed by atoms with van der Waals surface area (Å²) >= 11 is 0. The van der Waals surface area contributed by atoms with E-state index in [1.165, 1.54) is 17.9 Å². The Hall–Kier alpha value is -2.38. The highest BCUT2D eigenvalue weighted by Crippen LogP contribution is 2.28. The fraction of sp³-hybridized carbons (Fsp3) is 0.333. The number of hydrogen-bond donors (Lipinski definition) is 1. The smallest absolute Gasteiger partial charge is 0.228 e. The summed E-state index contributed by atoms with van der Waals surface area (Å²) in [6.07, 6.45) is 1.50. The molecule has 0 radical (unpaired) electrons. The van der Waals surface area contributed by atoms with E-state index in [1.807, 2.05) is 12.1 Å². The van der Waals surface area contributed by atoms with Crippen LogP contribution in [0.3, 0.4) is 0 Å². The molecule has 2 rings (SSSR count). The van der Waals surface area contributed by atoms with Crippen molar-refractivity contribution in [1.82, 2.24) is 9.55 Å². The van der Waals surface area contributed by atoms with E-state index in [9.17, 15) is 0 Å². The summed E-state index contributed by atoms with van der Waals surface area (Å²) in [5.41, 5.74) is 1.92. The summed E-state index contributed by atoms with van der Waals surface area (Å²) in [5.74, 6) is 0.319. The lowest BCUT2D eigenvalue weighted by Crippen LogP contribution is -2.38. The number of anilines is 1. The zero-order valence-corrected chi connectivity index (χ0v) is 8.72. The molecule has 16 heavy (non-hydrogen) atoms. The van der Waals surface area contributed by atoms with Gasteiger partial charge in [0.15, 0.2) is 17.1 Å². The highest BCUT2D eigenvalue weighted by molar-refractivity contribution is 5.71. The third-order valence-corrected chi connectivity index (χ3v) is 2.42. The Morgan fingerprint density at radius 1 is 1.50 bits per heavy atom. The first-order valence-corrected chi connectivity index (χ1v) is 4.45. The van der Waals surface area contributed by atoms with E-state index in [0.717, 1.165) is 0 Å². The number of rotatable bonds is 1. The van der Waals surface area contributed by atoms with Crippen LogP contribution in [0.4, 0.5) is 5.95 Å². The molecule has 0 bridgehead atoms. The number of aromatic nitrogens is 2. The molecule has 0 aromatic carbocycles. The van der Waals surface area contributed by atoms with Crippen molar-refractivity contribution in [2.75, 3.05) is 12.5 Å². The predicted octanol–water partition coefficient (Wildman–Crippen LogP) is 0.357. The monoisotopic (exact) mass is 216 g/mol. The highest BCUT2D eigenvalue weighted by Gasteiger charge is 2.34. The van der Waals surface area contributed by atoms with E-state index >= 15 is 0 Å². The van der Waals surface area contributed by atoms with E-state index < -0.39 is 5.72 Å². The van der Waals surface area contributed by atoms with E-state index in [0.29, 0.717) is 5.95 Å². The van der Waals surface area contributed by atoms with Gasteiger partial charge in [0.1, 0.15) is 12.1 Å². The molecular weight excluding hydrogens is 208 g/mol. The molecule has 80 valence electrons. The molecule has 1 aliphatic rings. The van der Waals surface area contributed by atoms with Gasteiger partial charge in [-0.25, -0.2) is 5.43 Å². The van der Waals surface area contributed by atoms with E-state index in [-0.39, 0.29) is 11.4 Å². The van der Waals surface area contributed by atoms with Gasteiger partial charge < -0.3 is 4.74 Å². The fourth-order valence-electron chi connectivity index (χ4n) is 1.52. The van der Waals surface area contributed by atoms with Gasteiger partial charge in [0.25, 0.3) is 0 Å². The minimum absolute atomic E-state index is 0.0544. The van der Waals surface area contributed by atoms with E-state index in [2.05, 4.69) is 15.5 Å². The average molecular weight is 216 g/mol. The van der Waals surface area contributed by atoms with Crippen molar-refractivity contribution in [2.24, 2.45) is 5.10 Å². The molecule has 0 saturated heterocycles. The van der Waals surface area contributed by atoms with Crippen molar-refractivity contribution >= 4 is 12.2 Å². The SMILES string of the molecule is COC1(C)C=NNc2nc(C#N)c(C#N)n21. The molecule has 0 spiro atoms. The molecule has 1 aliphatic heterocycles. The Labute approximate surface area is 91.6 Å². The van der Waals surface area contributed by atoms with Gasteiger partial charge in [0.05, 0.1) is 6.21 Å². The minimum Gasteiger partial charge on any atom is -0.353 e. The second kappa shape index (κ2) is 3.33. The van der Waals surface area contributed by atoms with Gasteiger partial charge in [-0.15, -0.1) is 0 Å². The Morgan fingerprint density at radius 2 is 2.25 bits per heavy atom. The van der Waals surface area contributed by atoms with E-state index in [4.69, 9.17) is 15.3 Å². The summed E-state index contributed by atoms with van der Waals surface area (Å²) in [5, 5.41) is 21.8. The molecule has 0 amide bonds. The van der Waals surface area contributed by atoms with Crippen molar-refractivity contribution in [3.05, 3.63) is 11.4 Å². The van der Waals surface area contributed by atoms with Crippen LogP contribution in [0.1, 0.15) is 18.3 Å². The lowest BCUT2D eigenvalue weighted by Gasteiger charge is -2.29. The fourth-order valence-corrected chi connectivity index (χ4v) is 1.52. The number of hydrazone groups is 1. The van der Waals surface area contributed by atoms with Gasteiger partial charge >= 0.3 is 0 Å². The third kappa shape index (κ3) is 1.16. The van der Waals surface area contributed by atoms with Crippen LogP contribution in [0.25, 0.3) is 0 Å². The molecule has 7 heteroatoms. The number of methoxy groups -OCH3 is 1. The van der Waals surface area contributed by atoms with Crippen molar-refractivity contribution in [3.8, 4) is 12.1 Å². The summed E-state index contributed by atoms with van der Waals surface area (Å²) in [4.78, 5) is 3.96. The lowest BCUT2D eigenvalue weighted by atomic mass is 10.2. The third-order valence-electron chi connectivity index (χ3n) is 2.42. The van der Waals surface area contributed by atoms with Crippen LogP contribution in [0.5, 0.6) is 0 Å². The number of imidazole rings is 1. The molecule has 1 atom stereocenters. The average Bonchev–Trinajstić information content (AvgIpc) is 2.68. The molecule has 2 heterocycles. The lowest BCUT2D eigenvalue weighted by molar-refractivity contribution is 0.00550. The van der Waals surface area contributed by atoms with Gasteiger partial charge in [0, 0.05) is 7.11 Å². The quantitative estimate of drug-likeness (QED) is 0.730. The molecule has 1 N–H and O–H groups in total. The Balaban J connectivity index is 2.73. The van der Waals surface area contributed by atoms with Crippen LogP contribution >= 0.6 is 0 Å². The highest BCUT2D eigenvalue weighted by atomic mass is 16.5. The molecule has 1 aromatic heterocycles. The van der Waals surface area contributed by atoms with Crippen LogP contribution in [0.15, 0.2) is 5.10 Å². The summed E-state index contributed by atoms with van der Waals surface area (Å²) in [7, 11) is 1.49. The van der Waals surface area contributed by atoms with Crippen molar-refractivity contribution < 1.29 is 4.74 Å². The predicted molar refractivity (Wildman–Crippen MR) is 54.4 cm³/mol. The maximum atomic E-state index is 9.03. The Morgan fingerprint density at radius 3 is 2.81 bits per heavy atom. The number of nitrogens with zero attached hydrogens (tertiary/aromatic N) is 5. The van der Waals surface area contributed by atoms with Gasteiger partial charge in [-0.1, -0.05) is 0 Å². The van der Waals surface area contributed by atoms with Crippen molar-refractivity contribution in [1.29, 1.82) is 10.5 Å². The van der Waals surface area contributed by atoms with Crippen LogP contribution in [0, 0.1) is 22.7 Å². The second-order valence-electron chi connectivity index (χ2n) is 3.32. The largest absolute Gasteiger partial charge is 0.353 e. The number of ether oxygens (including phenoxy) is 1.